The van der Waals surface area contributed by atoms with Crippen LogP contribution in [0.3, 0.4) is 0 Å². The molecule has 0 aromatic heterocycles. The van der Waals surface area contributed by atoms with Gasteiger partial charge in [-0.05, 0) is 38.5 Å². The molecule has 4 N–H and O–H groups in total. The van der Waals surface area contributed by atoms with Gasteiger partial charge in [0.1, 0.15) is 6.10 Å². The lowest BCUT2D eigenvalue weighted by Crippen LogP contribution is -2.50. The molecule has 0 saturated heterocycles. The van der Waals surface area contributed by atoms with Gasteiger partial charge in [0.25, 0.3) is 0 Å². The van der Waals surface area contributed by atoms with Crippen LogP contribution in [0.5, 0.6) is 0 Å². The zero-order chi connectivity index (χ0) is 48.6. The molecule has 3 atom stereocenters. The third-order valence-electron chi connectivity index (χ3n) is 14.9. The zero-order valence-corrected chi connectivity index (χ0v) is 45.8. The van der Waals surface area contributed by atoms with E-state index < -0.39 is 18.2 Å². The summed E-state index contributed by atoms with van der Waals surface area (Å²) in [5, 5.41) is 33.9. The number of amides is 1. The van der Waals surface area contributed by atoms with Crippen molar-refractivity contribution in [3.8, 4) is 0 Å². The number of allylic oxidation sites excluding steroid dienone is 2. The summed E-state index contributed by atoms with van der Waals surface area (Å²) in [6, 6.07) is -0.808. The number of nitrogens with one attached hydrogen (secondary N) is 1. The fraction of sp³-hybridized carbons (Fsp3) is 0.952. The van der Waals surface area contributed by atoms with Crippen molar-refractivity contribution in [3.63, 3.8) is 0 Å². The van der Waals surface area contributed by atoms with Crippen molar-refractivity contribution < 1.29 is 20.1 Å². The molecule has 0 heterocycles. The Morgan fingerprint density at radius 2 is 0.597 bits per heavy atom. The lowest BCUT2D eigenvalue weighted by Gasteiger charge is -2.26. The van der Waals surface area contributed by atoms with Gasteiger partial charge in [0.05, 0.1) is 18.8 Å². The molecule has 0 aromatic carbocycles. The largest absolute Gasteiger partial charge is 0.394 e. The lowest BCUT2D eigenvalue weighted by atomic mass is 9.99. The van der Waals surface area contributed by atoms with Gasteiger partial charge in [-0.25, -0.2) is 0 Å². The number of carbonyl (C=O) groups is 1. The van der Waals surface area contributed by atoms with Crippen LogP contribution in [0.2, 0.25) is 0 Å². The summed E-state index contributed by atoms with van der Waals surface area (Å²) in [5.74, 6) is -0.137. The number of aliphatic hydroxyl groups is 3. The van der Waals surface area contributed by atoms with Gasteiger partial charge in [0, 0.05) is 6.42 Å². The molecule has 0 radical (unpaired) electrons. The van der Waals surface area contributed by atoms with Gasteiger partial charge in [0.15, 0.2) is 0 Å². The minimum absolute atomic E-state index is 0.137. The molecule has 5 nitrogen and oxygen atoms in total. The summed E-state index contributed by atoms with van der Waals surface area (Å²) in [7, 11) is 0. The highest BCUT2D eigenvalue weighted by Crippen LogP contribution is 2.19. The molecule has 0 saturated carbocycles. The quantitative estimate of drug-likeness (QED) is 0.0361. The fourth-order valence-corrected chi connectivity index (χ4v) is 10.1. The summed E-state index contributed by atoms with van der Waals surface area (Å²) < 4.78 is 0. The number of aliphatic hydroxyl groups excluding tert-OH is 3. The van der Waals surface area contributed by atoms with Crippen LogP contribution in [0.25, 0.3) is 0 Å². The van der Waals surface area contributed by atoms with Crippen molar-refractivity contribution in [2.24, 2.45) is 0 Å². The van der Waals surface area contributed by atoms with E-state index in [9.17, 15) is 20.1 Å². The third-order valence-corrected chi connectivity index (χ3v) is 14.9. The Kier molecular flexibility index (Phi) is 56.9. The van der Waals surface area contributed by atoms with Crippen LogP contribution in [0, 0.1) is 0 Å². The van der Waals surface area contributed by atoms with E-state index in [1.54, 1.807) is 0 Å². The minimum atomic E-state index is -1.13. The van der Waals surface area contributed by atoms with E-state index in [0.29, 0.717) is 12.8 Å². The monoisotopic (exact) mass is 946 g/mol. The maximum Gasteiger partial charge on any atom is 0.220 e. The number of unbranched alkanes of at least 4 members (excludes halogenated alkanes) is 48. The standard InChI is InChI=1S/C62H123NO4/c1-3-5-7-9-11-13-15-17-19-21-23-25-27-29-30-31-32-33-35-37-39-41-43-45-47-49-51-53-55-57-61(66)63-59(58-64)62(67)60(65)56-54-52-50-48-46-44-42-40-38-36-34-28-26-24-22-20-18-16-14-12-10-8-6-4-2/h29-30,59-60,62,64-65,67H,3-28,31-58H2,1-2H3,(H,63,66)/b30-29-. The molecule has 0 fully saturated rings. The Labute approximate surface area is 420 Å². The van der Waals surface area contributed by atoms with Crippen molar-refractivity contribution in [1.29, 1.82) is 0 Å². The zero-order valence-electron chi connectivity index (χ0n) is 45.8. The minimum Gasteiger partial charge on any atom is -0.394 e. The molecule has 0 aliphatic rings. The van der Waals surface area contributed by atoms with Crippen LogP contribution in [-0.4, -0.2) is 46.1 Å². The van der Waals surface area contributed by atoms with E-state index in [1.807, 2.05) is 0 Å². The molecule has 67 heavy (non-hydrogen) atoms. The van der Waals surface area contributed by atoms with E-state index in [2.05, 4.69) is 31.3 Å². The number of carbonyl (C=O) groups excluding carboxylic acids is 1. The summed E-state index contributed by atoms with van der Waals surface area (Å²) in [4.78, 5) is 12.5. The first-order chi connectivity index (χ1) is 33.1. The van der Waals surface area contributed by atoms with E-state index >= 15 is 0 Å². The molecular formula is C62H123NO4. The second-order valence-electron chi connectivity index (χ2n) is 21.6. The Balaban J connectivity index is 3.49. The second kappa shape index (κ2) is 57.7. The summed E-state index contributed by atoms with van der Waals surface area (Å²) in [6.07, 6.45) is 72.5. The second-order valence-corrected chi connectivity index (χ2v) is 21.6. The van der Waals surface area contributed by atoms with Crippen molar-refractivity contribution >= 4 is 5.91 Å². The molecule has 3 unspecified atom stereocenters. The third kappa shape index (κ3) is 52.7. The van der Waals surface area contributed by atoms with Crippen LogP contribution in [0.15, 0.2) is 12.2 Å². The first-order valence-electron chi connectivity index (χ1n) is 31.0. The lowest BCUT2D eigenvalue weighted by molar-refractivity contribution is -0.124. The average Bonchev–Trinajstić information content (AvgIpc) is 3.33. The van der Waals surface area contributed by atoms with Gasteiger partial charge in [-0.15, -0.1) is 0 Å². The Bertz CT molecular complexity index is 956. The Morgan fingerprint density at radius 1 is 0.358 bits per heavy atom. The predicted octanol–water partition coefficient (Wildman–Crippen LogP) is 19.5. The maximum absolute atomic E-state index is 12.5. The molecule has 0 aliphatic heterocycles. The van der Waals surface area contributed by atoms with Crippen LogP contribution in [0.1, 0.15) is 354 Å². The SMILES string of the molecule is CCCCCCCCCCCCCC/C=C\CCCCCCCCCCCCCCCC(=O)NC(CO)C(O)C(O)CCCCCCCCCCCCCCCCCCCCCCCCCC. The van der Waals surface area contributed by atoms with Crippen LogP contribution in [-0.2, 0) is 4.79 Å². The Morgan fingerprint density at radius 3 is 0.866 bits per heavy atom. The number of hydrogen-bond acceptors (Lipinski definition) is 4. The summed E-state index contributed by atoms with van der Waals surface area (Å²) in [5.41, 5.74) is 0. The molecular weight excluding hydrogens is 823 g/mol. The smallest absolute Gasteiger partial charge is 0.220 e. The highest BCUT2D eigenvalue weighted by molar-refractivity contribution is 5.76. The van der Waals surface area contributed by atoms with Crippen molar-refractivity contribution in [3.05, 3.63) is 12.2 Å². The van der Waals surface area contributed by atoms with E-state index in [0.717, 1.165) is 32.1 Å². The van der Waals surface area contributed by atoms with Crippen LogP contribution >= 0.6 is 0 Å². The molecule has 1 amide bonds. The van der Waals surface area contributed by atoms with Crippen LogP contribution < -0.4 is 5.32 Å². The van der Waals surface area contributed by atoms with Crippen molar-refractivity contribution in [1.82, 2.24) is 5.32 Å². The van der Waals surface area contributed by atoms with Gasteiger partial charge < -0.3 is 20.6 Å². The normalized spacial score (nSPS) is 13.2. The maximum atomic E-state index is 12.5. The molecule has 5 heteroatoms. The summed E-state index contributed by atoms with van der Waals surface area (Å²) in [6.45, 7) is 4.23. The molecule has 0 aromatic rings. The average molecular weight is 947 g/mol. The highest BCUT2D eigenvalue weighted by atomic mass is 16.3. The van der Waals surface area contributed by atoms with E-state index in [-0.39, 0.29) is 12.5 Å². The van der Waals surface area contributed by atoms with Gasteiger partial charge in [-0.3, -0.25) is 4.79 Å². The van der Waals surface area contributed by atoms with Crippen molar-refractivity contribution in [2.75, 3.05) is 6.61 Å². The first-order valence-corrected chi connectivity index (χ1v) is 31.0. The topological polar surface area (TPSA) is 89.8 Å². The Hall–Kier alpha value is -0.910. The van der Waals surface area contributed by atoms with E-state index in [1.165, 1.54) is 295 Å². The van der Waals surface area contributed by atoms with Crippen molar-refractivity contribution in [2.45, 2.75) is 372 Å². The fourth-order valence-electron chi connectivity index (χ4n) is 10.1. The van der Waals surface area contributed by atoms with Crippen LogP contribution in [0.4, 0.5) is 0 Å². The molecule has 0 aliphatic carbocycles. The molecule has 0 spiro atoms. The van der Waals surface area contributed by atoms with E-state index in [4.69, 9.17) is 0 Å². The number of hydrogen-bond donors (Lipinski definition) is 4. The van der Waals surface area contributed by atoms with Gasteiger partial charge >= 0.3 is 0 Å². The highest BCUT2D eigenvalue weighted by Gasteiger charge is 2.26. The first kappa shape index (κ1) is 66.1. The number of rotatable bonds is 58. The van der Waals surface area contributed by atoms with Gasteiger partial charge in [-0.1, -0.05) is 321 Å². The summed E-state index contributed by atoms with van der Waals surface area (Å²) >= 11 is 0. The van der Waals surface area contributed by atoms with Gasteiger partial charge in [-0.2, -0.15) is 0 Å². The molecule has 400 valence electrons. The van der Waals surface area contributed by atoms with Gasteiger partial charge in [0.2, 0.25) is 5.91 Å². The molecule has 0 bridgehead atoms. The predicted molar refractivity (Wildman–Crippen MR) is 296 cm³/mol. The molecule has 0 rings (SSSR count).